The summed E-state index contributed by atoms with van der Waals surface area (Å²) in [4.78, 5) is 0. The van der Waals surface area contributed by atoms with Gasteiger partial charge in [-0.05, 0) is 206 Å². The zero-order valence-electron chi connectivity index (χ0n) is 68.8. The van der Waals surface area contributed by atoms with Gasteiger partial charge in [-0.3, -0.25) is 0 Å². The van der Waals surface area contributed by atoms with Crippen molar-refractivity contribution in [2.75, 3.05) is 0 Å². The van der Waals surface area contributed by atoms with Crippen LogP contribution in [-0.4, -0.2) is 4.57 Å². The highest BCUT2D eigenvalue weighted by Crippen LogP contribution is 2.53. The third-order valence-corrected chi connectivity index (χ3v) is 24.0. The highest BCUT2D eigenvalue weighted by molar-refractivity contribution is 6.08. The molecule has 0 aliphatic heterocycles. The molecule has 1 heterocycles. The molecule has 16 aromatic carbocycles. The van der Waals surface area contributed by atoms with Crippen LogP contribution in [0, 0.1) is 55.4 Å². The molecule has 0 spiro atoms. The minimum atomic E-state index is 0.150. The summed E-state index contributed by atoms with van der Waals surface area (Å²) in [6.07, 6.45) is 0. The Morgan fingerprint density at radius 2 is 0.527 bits per heavy atom. The maximum atomic E-state index is 2.33. The van der Waals surface area contributed by atoms with Crippen molar-refractivity contribution in [1.29, 1.82) is 0 Å². The molecule has 1 heteroatoms. The van der Waals surface area contributed by atoms with Crippen molar-refractivity contribution in [2.45, 2.75) is 132 Å². The molecule has 0 fully saturated rings. The quantitative estimate of drug-likeness (QED) is 0.143. The number of hydrogen-bond donors (Lipinski definition) is 0. The number of aryl methyl sites for hydroxylation is 9. The summed E-state index contributed by atoms with van der Waals surface area (Å²) in [7, 11) is 2.12. The molecule has 0 amide bonds. The van der Waals surface area contributed by atoms with Crippen LogP contribution in [0.2, 0.25) is 0 Å². The average molecular weight is 1460 g/mol. The first-order valence-electron chi connectivity index (χ1n) is 39.9. The lowest BCUT2D eigenvalue weighted by atomic mass is 9.80. The highest BCUT2D eigenvalue weighted by Gasteiger charge is 2.39. The van der Waals surface area contributed by atoms with Crippen LogP contribution in [0.5, 0.6) is 0 Å². The van der Waals surface area contributed by atoms with Crippen molar-refractivity contribution in [3.63, 3.8) is 0 Å². The first-order chi connectivity index (χ1) is 53.8. The van der Waals surface area contributed by atoms with E-state index in [0.717, 1.165) is 0 Å². The minimum Gasteiger partial charge on any atom is -0.344 e. The van der Waals surface area contributed by atoms with E-state index in [2.05, 4.69) is 462 Å². The molecule has 0 atom stereocenters. The first-order valence-corrected chi connectivity index (χ1v) is 39.9. The van der Waals surface area contributed by atoms with E-state index in [-0.39, 0.29) is 21.7 Å². The second kappa shape index (κ2) is 31.8. The summed E-state index contributed by atoms with van der Waals surface area (Å²) in [6, 6.07) is 122. The molecular formula is C111H107N. The molecular weight excluding hydrogens is 1350 g/mol. The lowest BCUT2D eigenvalue weighted by molar-refractivity contribution is 0.655. The lowest BCUT2D eigenvalue weighted by Crippen LogP contribution is -2.16. The first kappa shape index (κ1) is 76.9. The van der Waals surface area contributed by atoms with Gasteiger partial charge in [0.25, 0.3) is 0 Å². The maximum Gasteiger partial charge on any atom is 0.0488 e. The number of rotatable bonds is 0. The van der Waals surface area contributed by atoms with Crippen LogP contribution in [0.3, 0.4) is 0 Å². The van der Waals surface area contributed by atoms with Crippen LogP contribution in [-0.2, 0) is 28.7 Å². The Bertz CT molecular complexity index is 6190. The zero-order valence-corrected chi connectivity index (χ0v) is 68.8. The van der Waals surface area contributed by atoms with Crippen molar-refractivity contribution in [3.05, 3.63) is 429 Å². The molecule has 556 valence electrons. The lowest BCUT2D eigenvalue weighted by Gasteiger charge is -2.23. The second-order valence-electron chi connectivity index (χ2n) is 33.4. The van der Waals surface area contributed by atoms with Gasteiger partial charge in [-0.25, -0.2) is 0 Å². The van der Waals surface area contributed by atoms with E-state index in [0.29, 0.717) is 0 Å². The summed E-state index contributed by atoms with van der Waals surface area (Å²) in [5.74, 6) is 0. The van der Waals surface area contributed by atoms with Gasteiger partial charge in [0.1, 0.15) is 0 Å². The van der Waals surface area contributed by atoms with E-state index >= 15 is 0 Å². The summed E-state index contributed by atoms with van der Waals surface area (Å²) < 4.78 is 2.24. The van der Waals surface area contributed by atoms with Gasteiger partial charge in [-0.2, -0.15) is 0 Å². The normalized spacial score (nSPS) is 13.5. The number of benzene rings is 16. The molecule has 0 radical (unpaired) electrons. The number of nitrogens with zero attached hydrogens (tertiary/aromatic N) is 1. The molecule has 0 N–H and O–H groups in total. The van der Waals surface area contributed by atoms with Crippen molar-refractivity contribution < 1.29 is 0 Å². The van der Waals surface area contributed by atoms with Crippen molar-refractivity contribution >= 4 is 54.1 Å². The van der Waals surface area contributed by atoms with Gasteiger partial charge >= 0.3 is 0 Å². The number of aromatic nitrogens is 1. The van der Waals surface area contributed by atoms with Crippen LogP contribution in [0.25, 0.3) is 98.6 Å². The van der Waals surface area contributed by atoms with E-state index < -0.39 is 0 Å². The molecule has 1 aromatic heterocycles. The maximum absolute atomic E-state index is 2.33. The molecule has 0 bridgehead atoms. The summed E-state index contributed by atoms with van der Waals surface area (Å²) in [5, 5.41) is 10.7. The molecule has 112 heavy (non-hydrogen) atoms. The van der Waals surface area contributed by atoms with Gasteiger partial charge in [0.15, 0.2) is 0 Å². The van der Waals surface area contributed by atoms with Crippen molar-refractivity contribution in [3.8, 4) is 44.5 Å². The van der Waals surface area contributed by atoms with E-state index in [1.54, 1.807) is 0 Å². The van der Waals surface area contributed by atoms with Gasteiger partial charge in [-0.15, -0.1) is 0 Å². The van der Waals surface area contributed by atoms with Crippen LogP contribution < -0.4 is 0 Å². The highest BCUT2D eigenvalue weighted by atomic mass is 14.9. The molecule has 0 unspecified atom stereocenters. The Labute approximate surface area is 667 Å². The standard InChI is InChI=1S/4C16H16.C13H11N.C12H12.2C11H10/c1-11-7-6-9-13-12-8-4-5-10-14(12)16(2,3)15(11)13;1-11-7-6-10-14-15(11)12-8-4-5-9-13(12)16(14,2)3;1-11-8-9-15-13(10-11)12-6-4-5-7-14(12)16(15,2)3;1-11-8-9-13-12-6-4-5-7-14(12)16(2,3)15(13)10-11;1-14-12-8-4-2-6-10(12)11-7-3-5-9-13(11)14;1-9-3-5-12-8-10(2)4-6-11(12)7-9;1-9-5-4-7-10-6-2-3-8-11(9)10;1-9-6-7-10-4-2-3-5-11(10)8-9/h4*4-10H,1-3H3;2-9H,1H3;3-8H,1-2H3;2*2-8H,1H3. The topological polar surface area (TPSA) is 4.93 Å². The van der Waals surface area contributed by atoms with Crippen LogP contribution in [0.15, 0.2) is 340 Å². The second-order valence-corrected chi connectivity index (χ2v) is 33.4. The number of fused-ring (bicyclic) bond motifs is 18. The van der Waals surface area contributed by atoms with Gasteiger partial charge in [0.05, 0.1) is 0 Å². The van der Waals surface area contributed by atoms with E-state index in [1.807, 2.05) is 0 Å². The molecule has 21 rings (SSSR count). The third-order valence-electron chi connectivity index (χ3n) is 24.0. The zero-order chi connectivity index (χ0) is 78.8. The average Bonchev–Trinajstić information content (AvgIpc) is 1.82. The molecule has 0 saturated carbocycles. The Morgan fingerprint density at radius 1 is 0.196 bits per heavy atom. The summed E-state index contributed by atoms with van der Waals surface area (Å²) >= 11 is 0. The van der Waals surface area contributed by atoms with Crippen LogP contribution in [0.1, 0.15) is 144 Å². The Hall–Kier alpha value is -11.9. The SMILES string of the molecule is Cc1ccc2c(c1)-c1ccccc1C2(C)C.Cc1ccc2c(c1)C(C)(C)c1ccccc1-2.Cc1ccc2cc(C)ccc2c1.Cc1ccc2ccccc2c1.Cc1cccc2c1-c1ccccc1C2(C)C.Cc1cccc2c1C(C)(C)c1ccccc1-2.Cc1cccc2ccccc12.Cn1c2ccccc2c2ccccc21. The van der Waals surface area contributed by atoms with Crippen molar-refractivity contribution in [1.82, 2.24) is 4.57 Å². The van der Waals surface area contributed by atoms with Crippen molar-refractivity contribution in [2.24, 2.45) is 7.05 Å². The van der Waals surface area contributed by atoms with Gasteiger partial charge in [0.2, 0.25) is 0 Å². The van der Waals surface area contributed by atoms with Gasteiger partial charge < -0.3 is 4.57 Å². The molecule has 1 nitrogen and oxygen atoms in total. The number of hydrogen-bond acceptors (Lipinski definition) is 0. The Balaban J connectivity index is 0.000000107. The molecule has 4 aliphatic rings. The smallest absolute Gasteiger partial charge is 0.0488 e. The minimum absolute atomic E-state index is 0.150. The predicted molar refractivity (Wildman–Crippen MR) is 486 cm³/mol. The van der Waals surface area contributed by atoms with E-state index in [9.17, 15) is 0 Å². The fourth-order valence-electron chi connectivity index (χ4n) is 18.0. The van der Waals surface area contributed by atoms with E-state index in [4.69, 9.17) is 0 Å². The fourth-order valence-corrected chi connectivity index (χ4v) is 18.0. The Kier molecular flexibility index (Phi) is 21.8. The largest absolute Gasteiger partial charge is 0.344 e. The van der Waals surface area contributed by atoms with Gasteiger partial charge in [0, 0.05) is 50.5 Å². The summed E-state index contributed by atoms with van der Waals surface area (Å²) in [6.45, 7) is 35.8. The predicted octanol–water partition coefficient (Wildman–Crippen LogP) is 30.3. The van der Waals surface area contributed by atoms with Gasteiger partial charge in [-0.1, -0.05) is 411 Å². The summed E-state index contributed by atoms with van der Waals surface area (Å²) in [5.41, 5.74) is 37.0. The monoisotopic (exact) mass is 1450 g/mol. The molecule has 0 saturated heterocycles. The van der Waals surface area contributed by atoms with Crippen LogP contribution in [0.4, 0.5) is 0 Å². The third kappa shape index (κ3) is 15.1. The fraction of sp³-hybridized carbons (Fsp3) is 0.189. The molecule has 4 aliphatic carbocycles. The van der Waals surface area contributed by atoms with Crippen LogP contribution >= 0.6 is 0 Å². The molecule has 17 aromatic rings. The van der Waals surface area contributed by atoms with E-state index in [1.165, 1.54) is 188 Å². The number of para-hydroxylation sites is 2. The Morgan fingerprint density at radius 3 is 1.11 bits per heavy atom.